The van der Waals surface area contributed by atoms with Gasteiger partial charge in [-0.25, -0.2) is 0 Å². The average molecular weight is 274 g/mol. The average Bonchev–Trinajstić information content (AvgIpc) is 2.81. The molecule has 0 saturated heterocycles. The summed E-state index contributed by atoms with van der Waals surface area (Å²) in [6, 6.07) is 7.82. The van der Waals surface area contributed by atoms with Gasteiger partial charge in [0.05, 0.1) is 6.54 Å². The molecule has 2 aromatic rings. The fourth-order valence-corrected chi connectivity index (χ4v) is 1.86. The van der Waals surface area contributed by atoms with Crippen LogP contribution in [-0.2, 0) is 11.3 Å². The SMILES string of the molecule is CC(=O)Nc1cccc(C(C)NCc2nnc(C)o2)c1. The molecule has 1 atom stereocenters. The Morgan fingerprint density at radius 1 is 1.40 bits per heavy atom. The summed E-state index contributed by atoms with van der Waals surface area (Å²) in [5.41, 5.74) is 1.87. The molecule has 1 aromatic carbocycles. The lowest BCUT2D eigenvalue weighted by atomic mass is 10.1. The third kappa shape index (κ3) is 3.89. The Balaban J connectivity index is 1.97. The molecular weight excluding hydrogens is 256 g/mol. The van der Waals surface area contributed by atoms with E-state index in [9.17, 15) is 4.79 Å². The Labute approximate surface area is 117 Å². The van der Waals surface area contributed by atoms with Crippen molar-refractivity contribution in [3.63, 3.8) is 0 Å². The van der Waals surface area contributed by atoms with Gasteiger partial charge in [-0.1, -0.05) is 12.1 Å². The van der Waals surface area contributed by atoms with Gasteiger partial charge in [-0.3, -0.25) is 4.79 Å². The predicted molar refractivity (Wildman–Crippen MR) is 75.0 cm³/mol. The first-order chi connectivity index (χ1) is 9.54. The van der Waals surface area contributed by atoms with E-state index in [4.69, 9.17) is 4.42 Å². The first kappa shape index (κ1) is 14.2. The number of aromatic nitrogens is 2. The first-order valence-electron chi connectivity index (χ1n) is 6.44. The van der Waals surface area contributed by atoms with Crippen LogP contribution in [-0.4, -0.2) is 16.1 Å². The van der Waals surface area contributed by atoms with E-state index in [2.05, 4.69) is 20.8 Å². The fourth-order valence-electron chi connectivity index (χ4n) is 1.86. The normalized spacial score (nSPS) is 12.2. The van der Waals surface area contributed by atoms with Crippen LogP contribution < -0.4 is 10.6 Å². The van der Waals surface area contributed by atoms with Gasteiger partial charge >= 0.3 is 0 Å². The predicted octanol–water partition coefficient (Wildman–Crippen LogP) is 2.19. The number of carbonyl (C=O) groups excluding carboxylic acids is 1. The third-order valence-electron chi connectivity index (χ3n) is 2.83. The lowest BCUT2D eigenvalue weighted by Crippen LogP contribution is -2.18. The van der Waals surface area contributed by atoms with Crippen molar-refractivity contribution in [1.82, 2.24) is 15.5 Å². The Morgan fingerprint density at radius 3 is 2.85 bits per heavy atom. The highest BCUT2D eigenvalue weighted by atomic mass is 16.4. The highest BCUT2D eigenvalue weighted by Gasteiger charge is 2.08. The van der Waals surface area contributed by atoms with Crippen LogP contribution >= 0.6 is 0 Å². The molecule has 0 aliphatic carbocycles. The number of anilines is 1. The Morgan fingerprint density at radius 2 is 2.20 bits per heavy atom. The van der Waals surface area contributed by atoms with Gasteiger partial charge < -0.3 is 15.1 Å². The molecule has 1 aromatic heterocycles. The molecule has 1 heterocycles. The summed E-state index contributed by atoms with van der Waals surface area (Å²) in [4.78, 5) is 11.1. The van der Waals surface area contributed by atoms with Crippen LogP contribution in [0.25, 0.3) is 0 Å². The molecule has 0 fully saturated rings. The van der Waals surface area contributed by atoms with Crippen molar-refractivity contribution >= 4 is 11.6 Å². The minimum Gasteiger partial charge on any atom is -0.424 e. The van der Waals surface area contributed by atoms with Crippen molar-refractivity contribution in [1.29, 1.82) is 0 Å². The molecule has 1 amide bonds. The fraction of sp³-hybridized carbons (Fsp3) is 0.357. The number of nitrogens with zero attached hydrogens (tertiary/aromatic N) is 2. The van der Waals surface area contributed by atoms with Crippen molar-refractivity contribution < 1.29 is 9.21 Å². The molecule has 6 heteroatoms. The minimum atomic E-state index is -0.0795. The Bertz CT molecular complexity index is 594. The van der Waals surface area contributed by atoms with E-state index >= 15 is 0 Å². The van der Waals surface area contributed by atoms with Gasteiger partial charge in [0.2, 0.25) is 17.7 Å². The first-order valence-corrected chi connectivity index (χ1v) is 6.44. The largest absolute Gasteiger partial charge is 0.424 e. The second kappa shape index (κ2) is 6.29. The number of hydrogen-bond donors (Lipinski definition) is 2. The summed E-state index contributed by atoms with van der Waals surface area (Å²) < 4.78 is 5.30. The number of hydrogen-bond acceptors (Lipinski definition) is 5. The van der Waals surface area contributed by atoms with E-state index in [1.54, 1.807) is 6.92 Å². The van der Waals surface area contributed by atoms with Gasteiger partial charge in [0.15, 0.2) is 0 Å². The second-order valence-electron chi connectivity index (χ2n) is 4.62. The highest BCUT2D eigenvalue weighted by Crippen LogP contribution is 2.17. The van der Waals surface area contributed by atoms with Crippen LogP contribution in [0.3, 0.4) is 0 Å². The number of aryl methyl sites for hydroxylation is 1. The molecule has 0 radical (unpaired) electrons. The monoisotopic (exact) mass is 274 g/mol. The lowest BCUT2D eigenvalue weighted by Gasteiger charge is -2.14. The molecule has 1 unspecified atom stereocenters. The maximum absolute atomic E-state index is 11.1. The summed E-state index contributed by atoms with van der Waals surface area (Å²) in [6.07, 6.45) is 0. The molecule has 0 spiro atoms. The van der Waals surface area contributed by atoms with E-state index in [-0.39, 0.29) is 11.9 Å². The smallest absolute Gasteiger partial charge is 0.230 e. The zero-order chi connectivity index (χ0) is 14.5. The van der Waals surface area contributed by atoms with Crippen molar-refractivity contribution in [2.45, 2.75) is 33.4 Å². The quantitative estimate of drug-likeness (QED) is 0.873. The zero-order valence-corrected chi connectivity index (χ0v) is 11.8. The van der Waals surface area contributed by atoms with Crippen LogP contribution in [0.4, 0.5) is 5.69 Å². The van der Waals surface area contributed by atoms with Crippen LogP contribution in [0.2, 0.25) is 0 Å². The summed E-state index contributed by atoms with van der Waals surface area (Å²) >= 11 is 0. The number of nitrogens with one attached hydrogen (secondary N) is 2. The summed E-state index contributed by atoms with van der Waals surface area (Å²) in [6.45, 7) is 5.80. The topological polar surface area (TPSA) is 80.0 Å². The van der Waals surface area contributed by atoms with Gasteiger partial charge in [-0.15, -0.1) is 10.2 Å². The van der Waals surface area contributed by atoms with Crippen LogP contribution in [0.15, 0.2) is 28.7 Å². The van der Waals surface area contributed by atoms with Gasteiger partial charge in [-0.2, -0.15) is 0 Å². The molecule has 0 bridgehead atoms. The number of amides is 1. The lowest BCUT2D eigenvalue weighted by molar-refractivity contribution is -0.114. The van der Waals surface area contributed by atoms with Crippen LogP contribution in [0, 0.1) is 6.92 Å². The minimum absolute atomic E-state index is 0.0795. The molecule has 20 heavy (non-hydrogen) atoms. The molecular formula is C14H18N4O2. The van der Waals surface area contributed by atoms with Crippen molar-refractivity contribution in [2.75, 3.05) is 5.32 Å². The summed E-state index contributed by atoms with van der Waals surface area (Å²) in [7, 11) is 0. The molecule has 2 N–H and O–H groups in total. The highest BCUT2D eigenvalue weighted by molar-refractivity contribution is 5.88. The van der Waals surface area contributed by atoms with Crippen LogP contribution in [0.1, 0.15) is 37.2 Å². The van der Waals surface area contributed by atoms with E-state index < -0.39 is 0 Å². The third-order valence-corrected chi connectivity index (χ3v) is 2.83. The van der Waals surface area contributed by atoms with Gasteiger partial charge in [-0.05, 0) is 24.6 Å². The van der Waals surface area contributed by atoms with E-state index in [1.807, 2.05) is 31.2 Å². The number of benzene rings is 1. The van der Waals surface area contributed by atoms with Crippen molar-refractivity contribution in [3.05, 3.63) is 41.6 Å². The number of carbonyl (C=O) groups is 1. The van der Waals surface area contributed by atoms with E-state index in [0.717, 1.165) is 11.3 Å². The maximum atomic E-state index is 11.1. The molecule has 2 rings (SSSR count). The maximum Gasteiger partial charge on any atom is 0.230 e. The standard InChI is InChI=1S/C14H18N4O2/c1-9(15-8-14-18-17-11(3)20-14)12-5-4-6-13(7-12)16-10(2)19/h4-7,9,15H,8H2,1-3H3,(H,16,19). The Kier molecular flexibility index (Phi) is 4.47. The molecule has 0 aliphatic heterocycles. The van der Waals surface area contributed by atoms with Gasteiger partial charge in [0, 0.05) is 25.6 Å². The van der Waals surface area contributed by atoms with E-state index in [0.29, 0.717) is 18.3 Å². The van der Waals surface area contributed by atoms with Crippen molar-refractivity contribution in [3.8, 4) is 0 Å². The van der Waals surface area contributed by atoms with Gasteiger partial charge in [0.1, 0.15) is 0 Å². The second-order valence-corrected chi connectivity index (χ2v) is 4.62. The summed E-state index contributed by atoms with van der Waals surface area (Å²) in [5.74, 6) is 1.04. The number of rotatable bonds is 5. The summed E-state index contributed by atoms with van der Waals surface area (Å²) in [5, 5.41) is 13.8. The van der Waals surface area contributed by atoms with Crippen LogP contribution in [0.5, 0.6) is 0 Å². The molecule has 6 nitrogen and oxygen atoms in total. The molecule has 0 saturated carbocycles. The van der Waals surface area contributed by atoms with E-state index in [1.165, 1.54) is 6.92 Å². The molecule has 106 valence electrons. The zero-order valence-electron chi connectivity index (χ0n) is 11.8. The Hall–Kier alpha value is -2.21. The van der Waals surface area contributed by atoms with Crippen molar-refractivity contribution in [2.24, 2.45) is 0 Å². The molecule has 0 aliphatic rings. The van der Waals surface area contributed by atoms with Gasteiger partial charge in [0.25, 0.3) is 0 Å².